The van der Waals surface area contributed by atoms with Gasteiger partial charge in [0.15, 0.2) is 0 Å². The van der Waals surface area contributed by atoms with Gasteiger partial charge in [0.2, 0.25) is 0 Å². The molecule has 4 N–H and O–H groups in total. The monoisotopic (exact) mass is 432 g/mol. The Morgan fingerprint density at radius 1 is 0.567 bits per heavy atom. The lowest BCUT2D eigenvalue weighted by Crippen LogP contribution is -2.37. The zero-order chi connectivity index (χ0) is 22.1. The summed E-state index contributed by atoms with van der Waals surface area (Å²) in [6.07, 6.45) is 14.1. The van der Waals surface area contributed by atoms with E-state index in [2.05, 4.69) is 24.5 Å². The predicted octanol–water partition coefficient (Wildman–Crippen LogP) is 3.64. The number of nitrogens with one attached hydrogen (secondary N) is 2. The maximum Gasteiger partial charge on any atom is 0.0897 e. The summed E-state index contributed by atoms with van der Waals surface area (Å²) in [5, 5.41) is 26.2. The maximum atomic E-state index is 9.90. The van der Waals surface area contributed by atoms with E-state index in [0.29, 0.717) is 26.3 Å². The molecule has 2 atom stereocenters. The van der Waals surface area contributed by atoms with E-state index in [1.54, 1.807) is 0 Å². The van der Waals surface area contributed by atoms with Gasteiger partial charge in [-0.05, 0) is 12.8 Å². The minimum atomic E-state index is -0.467. The van der Waals surface area contributed by atoms with Crippen LogP contribution in [0.5, 0.6) is 0 Å². The first-order valence-corrected chi connectivity index (χ1v) is 12.6. The van der Waals surface area contributed by atoms with Gasteiger partial charge in [-0.1, -0.05) is 78.1 Å². The van der Waals surface area contributed by atoms with Crippen molar-refractivity contribution in [2.45, 2.75) is 103 Å². The summed E-state index contributed by atoms with van der Waals surface area (Å²) >= 11 is 0. The van der Waals surface area contributed by atoms with Crippen molar-refractivity contribution in [1.29, 1.82) is 0 Å². The highest BCUT2D eigenvalue weighted by Crippen LogP contribution is 2.05. The van der Waals surface area contributed by atoms with Crippen molar-refractivity contribution in [2.75, 3.05) is 52.6 Å². The van der Waals surface area contributed by atoms with E-state index in [1.807, 2.05) is 0 Å². The Balaban J connectivity index is 3.25. The molecule has 0 fully saturated rings. The fourth-order valence-electron chi connectivity index (χ4n) is 3.24. The molecule has 182 valence electrons. The number of aliphatic hydroxyl groups is 2. The van der Waals surface area contributed by atoms with Crippen molar-refractivity contribution in [2.24, 2.45) is 0 Å². The molecule has 0 aliphatic rings. The molecule has 0 rings (SSSR count). The van der Waals surface area contributed by atoms with E-state index in [1.165, 1.54) is 64.2 Å². The van der Waals surface area contributed by atoms with Gasteiger partial charge in [-0.25, -0.2) is 0 Å². The third kappa shape index (κ3) is 24.0. The first kappa shape index (κ1) is 29.8. The third-order valence-electron chi connectivity index (χ3n) is 5.14. The Morgan fingerprint density at radius 3 is 1.33 bits per heavy atom. The van der Waals surface area contributed by atoms with Gasteiger partial charge in [0.1, 0.15) is 0 Å². The van der Waals surface area contributed by atoms with Crippen molar-refractivity contribution in [3.63, 3.8) is 0 Å². The van der Waals surface area contributed by atoms with Gasteiger partial charge in [-0.2, -0.15) is 0 Å². The molecule has 0 amide bonds. The van der Waals surface area contributed by atoms with Crippen LogP contribution in [0.15, 0.2) is 0 Å². The van der Waals surface area contributed by atoms with Gasteiger partial charge in [-0.3, -0.25) is 0 Å². The van der Waals surface area contributed by atoms with E-state index < -0.39 is 12.2 Å². The number of ether oxygens (including phenoxy) is 2. The molecule has 0 aromatic heterocycles. The minimum absolute atomic E-state index is 0.393. The predicted molar refractivity (Wildman–Crippen MR) is 126 cm³/mol. The minimum Gasteiger partial charge on any atom is -0.389 e. The molecule has 0 aromatic carbocycles. The molecule has 0 spiro atoms. The SMILES string of the molecule is CCCCCCCCOC[C@H](O)CNCCNC[C@@H](O)COCCCCCCCC. The Bertz CT molecular complexity index is 292. The summed E-state index contributed by atoms with van der Waals surface area (Å²) in [7, 11) is 0. The van der Waals surface area contributed by atoms with Crippen LogP contribution in [0.2, 0.25) is 0 Å². The average molecular weight is 433 g/mol. The summed E-state index contributed by atoms with van der Waals surface area (Å²) in [4.78, 5) is 0. The standard InChI is InChI=1S/C24H52N2O4/c1-3-5-7-9-11-13-17-29-21-23(27)19-25-15-16-26-20-24(28)22-30-18-14-12-10-8-6-4-2/h23-28H,3-22H2,1-2H3/t23-,24-/m1/s1. The summed E-state index contributed by atoms with van der Waals surface area (Å²) in [5.41, 5.74) is 0. The number of hydrogen-bond acceptors (Lipinski definition) is 6. The van der Waals surface area contributed by atoms with Crippen LogP contribution in [0, 0.1) is 0 Å². The summed E-state index contributed by atoms with van der Waals surface area (Å²) in [5.74, 6) is 0. The summed E-state index contributed by atoms with van der Waals surface area (Å²) in [6.45, 7) is 9.28. The fraction of sp³-hybridized carbons (Fsp3) is 1.00. The van der Waals surface area contributed by atoms with Crippen LogP contribution in [-0.4, -0.2) is 75.0 Å². The van der Waals surface area contributed by atoms with E-state index in [9.17, 15) is 10.2 Å². The Kier molecular flexibility index (Phi) is 24.8. The quantitative estimate of drug-likeness (QED) is 0.165. The normalized spacial score (nSPS) is 13.6. The Hall–Kier alpha value is -0.240. The highest BCUT2D eigenvalue weighted by Gasteiger charge is 2.05. The number of aliphatic hydroxyl groups excluding tert-OH is 2. The van der Waals surface area contributed by atoms with E-state index in [0.717, 1.165) is 39.1 Å². The second-order valence-electron chi connectivity index (χ2n) is 8.40. The molecule has 0 bridgehead atoms. The van der Waals surface area contributed by atoms with Gasteiger partial charge < -0.3 is 30.3 Å². The van der Waals surface area contributed by atoms with E-state index in [4.69, 9.17) is 9.47 Å². The van der Waals surface area contributed by atoms with Gasteiger partial charge in [0.25, 0.3) is 0 Å². The fourth-order valence-corrected chi connectivity index (χ4v) is 3.24. The second-order valence-corrected chi connectivity index (χ2v) is 8.40. The summed E-state index contributed by atoms with van der Waals surface area (Å²) in [6, 6.07) is 0. The highest BCUT2D eigenvalue weighted by molar-refractivity contribution is 4.62. The lowest BCUT2D eigenvalue weighted by Gasteiger charge is -2.14. The third-order valence-corrected chi connectivity index (χ3v) is 5.14. The lowest BCUT2D eigenvalue weighted by atomic mass is 10.1. The Morgan fingerprint density at radius 2 is 0.933 bits per heavy atom. The summed E-state index contributed by atoms with van der Waals surface area (Å²) < 4.78 is 11.1. The molecule has 0 aliphatic heterocycles. The van der Waals surface area contributed by atoms with Gasteiger partial charge >= 0.3 is 0 Å². The van der Waals surface area contributed by atoms with Crippen LogP contribution in [0.4, 0.5) is 0 Å². The highest BCUT2D eigenvalue weighted by atomic mass is 16.5. The molecule has 0 saturated carbocycles. The Labute approximate surface area is 186 Å². The molecule has 0 radical (unpaired) electrons. The number of rotatable bonds is 25. The molecule has 0 aromatic rings. The first-order chi connectivity index (χ1) is 14.7. The molecule has 0 saturated heterocycles. The van der Waals surface area contributed by atoms with Crippen LogP contribution in [0.25, 0.3) is 0 Å². The van der Waals surface area contributed by atoms with Crippen LogP contribution in [0.1, 0.15) is 90.9 Å². The van der Waals surface area contributed by atoms with Gasteiger partial charge in [0, 0.05) is 39.4 Å². The largest absolute Gasteiger partial charge is 0.389 e. The molecule has 0 unspecified atom stereocenters. The molecule has 6 nitrogen and oxygen atoms in total. The molecule has 6 heteroatoms. The van der Waals surface area contributed by atoms with Crippen molar-refractivity contribution in [3.05, 3.63) is 0 Å². The molecular weight excluding hydrogens is 380 g/mol. The lowest BCUT2D eigenvalue weighted by molar-refractivity contribution is 0.0339. The topological polar surface area (TPSA) is 83.0 Å². The van der Waals surface area contributed by atoms with Crippen molar-refractivity contribution in [1.82, 2.24) is 10.6 Å². The average Bonchev–Trinajstić information content (AvgIpc) is 2.74. The molecule has 0 heterocycles. The van der Waals surface area contributed by atoms with Crippen LogP contribution >= 0.6 is 0 Å². The molecule has 0 aliphatic carbocycles. The molecule has 30 heavy (non-hydrogen) atoms. The number of hydrogen-bond donors (Lipinski definition) is 4. The van der Waals surface area contributed by atoms with Crippen molar-refractivity contribution < 1.29 is 19.7 Å². The van der Waals surface area contributed by atoms with Crippen LogP contribution in [0.3, 0.4) is 0 Å². The zero-order valence-corrected chi connectivity index (χ0v) is 20.0. The van der Waals surface area contributed by atoms with Crippen LogP contribution < -0.4 is 10.6 Å². The van der Waals surface area contributed by atoms with Crippen molar-refractivity contribution >= 4 is 0 Å². The van der Waals surface area contributed by atoms with Crippen LogP contribution in [-0.2, 0) is 9.47 Å². The number of unbranched alkanes of at least 4 members (excludes halogenated alkanes) is 10. The zero-order valence-electron chi connectivity index (χ0n) is 20.0. The van der Waals surface area contributed by atoms with E-state index in [-0.39, 0.29) is 0 Å². The molecular formula is C24H52N2O4. The first-order valence-electron chi connectivity index (χ1n) is 12.6. The van der Waals surface area contributed by atoms with E-state index >= 15 is 0 Å². The van der Waals surface area contributed by atoms with Crippen molar-refractivity contribution in [3.8, 4) is 0 Å². The van der Waals surface area contributed by atoms with Gasteiger partial charge in [-0.15, -0.1) is 0 Å². The maximum absolute atomic E-state index is 9.90. The smallest absolute Gasteiger partial charge is 0.0897 e. The second kappa shape index (κ2) is 25.0. The van der Waals surface area contributed by atoms with Gasteiger partial charge in [0.05, 0.1) is 25.4 Å².